The van der Waals surface area contributed by atoms with E-state index in [0.717, 1.165) is 36.1 Å². The molecule has 2 N–H and O–H groups in total. The molecule has 1 aromatic heterocycles. The fraction of sp³-hybridized carbons (Fsp3) is 0.333. The molecule has 0 unspecified atom stereocenters. The van der Waals surface area contributed by atoms with Gasteiger partial charge in [0.1, 0.15) is 5.00 Å². The number of amides is 2. The molecule has 1 atom stereocenters. The third kappa shape index (κ3) is 5.31. The summed E-state index contributed by atoms with van der Waals surface area (Å²) >= 11 is 7.60. The van der Waals surface area contributed by atoms with Gasteiger partial charge < -0.3 is 10.6 Å². The summed E-state index contributed by atoms with van der Waals surface area (Å²) in [5.74, 6) is 0.0768. The van der Waals surface area contributed by atoms with Gasteiger partial charge in [0.2, 0.25) is 0 Å². The summed E-state index contributed by atoms with van der Waals surface area (Å²) in [7, 11) is 0. The number of carbonyl (C=O) groups is 2. The van der Waals surface area contributed by atoms with Crippen molar-refractivity contribution in [3.8, 4) is 0 Å². The van der Waals surface area contributed by atoms with Crippen LogP contribution in [0.2, 0.25) is 5.02 Å². The van der Waals surface area contributed by atoms with Gasteiger partial charge in [-0.2, -0.15) is 0 Å². The third-order valence-electron chi connectivity index (χ3n) is 6.34. The SMILES string of the molecule is Cc1ccc(NC(=O)c2c(NC(=O)c3cccc(Cl)c3)sc3c2CC[C@H](C(C)(C)C)C3)cc1. The molecular formula is C27H29ClN2O2S. The number of benzene rings is 2. The lowest BCUT2D eigenvalue weighted by molar-refractivity contribution is 0.102. The van der Waals surface area contributed by atoms with Crippen molar-refractivity contribution in [3.63, 3.8) is 0 Å². The van der Waals surface area contributed by atoms with Crippen molar-refractivity contribution in [2.75, 3.05) is 10.6 Å². The van der Waals surface area contributed by atoms with E-state index in [1.165, 1.54) is 16.2 Å². The minimum Gasteiger partial charge on any atom is -0.322 e. The minimum atomic E-state index is -0.271. The van der Waals surface area contributed by atoms with Gasteiger partial charge in [0.15, 0.2) is 0 Å². The van der Waals surface area contributed by atoms with Crippen LogP contribution in [-0.4, -0.2) is 11.8 Å². The average molecular weight is 481 g/mol. The van der Waals surface area contributed by atoms with E-state index < -0.39 is 0 Å². The number of thiophene rings is 1. The Labute approximate surface area is 204 Å². The number of fused-ring (bicyclic) bond motifs is 1. The highest BCUT2D eigenvalue weighted by atomic mass is 35.5. The molecule has 0 saturated heterocycles. The van der Waals surface area contributed by atoms with Crippen LogP contribution in [-0.2, 0) is 12.8 Å². The maximum absolute atomic E-state index is 13.4. The zero-order valence-electron chi connectivity index (χ0n) is 19.4. The van der Waals surface area contributed by atoms with Gasteiger partial charge in [-0.05, 0) is 73.4 Å². The van der Waals surface area contributed by atoms with Crippen LogP contribution in [0.3, 0.4) is 0 Å². The van der Waals surface area contributed by atoms with Crippen LogP contribution >= 0.6 is 22.9 Å². The largest absolute Gasteiger partial charge is 0.322 e. The number of halogens is 1. The van der Waals surface area contributed by atoms with Gasteiger partial charge in [0.25, 0.3) is 11.8 Å². The van der Waals surface area contributed by atoms with Gasteiger partial charge in [0.05, 0.1) is 5.56 Å². The molecule has 172 valence electrons. The topological polar surface area (TPSA) is 58.2 Å². The highest BCUT2D eigenvalue weighted by Gasteiger charge is 2.34. The summed E-state index contributed by atoms with van der Waals surface area (Å²) in [6, 6.07) is 14.5. The van der Waals surface area contributed by atoms with Gasteiger partial charge in [-0.3, -0.25) is 9.59 Å². The predicted octanol–water partition coefficient (Wildman–Crippen LogP) is 7.37. The lowest BCUT2D eigenvalue weighted by Gasteiger charge is -2.33. The van der Waals surface area contributed by atoms with E-state index in [4.69, 9.17) is 11.6 Å². The van der Waals surface area contributed by atoms with Crippen molar-refractivity contribution in [1.82, 2.24) is 0 Å². The van der Waals surface area contributed by atoms with Crippen molar-refractivity contribution < 1.29 is 9.59 Å². The Bertz CT molecular complexity index is 1190. The van der Waals surface area contributed by atoms with Gasteiger partial charge in [-0.25, -0.2) is 0 Å². The number of anilines is 2. The molecule has 6 heteroatoms. The fourth-order valence-corrected chi connectivity index (χ4v) is 5.80. The van der Waals surface area contributed by atoms with E-state index in [0.29, 0.717) is 27.1 Å². The molecule has 33 heavy (non-hydrogen) atoms. The van der Waals surface area contributed by atoms with Crippen LogP contribution in [0.5, 0.6) is 0 Å². The zero-order valence-corrected chi connectivity index (χ0v) is 21.0. The molecule has 2 amide bonds. The van der Waals surface area contributed by atoms with Crippen molar-refractivity contribution in [2.24, 2.45) is 11.3 Å². The standard InChI is InChI=1S/C27H29ClN2O2S/c1-16-8-11-20(12-9-16)29-25(32)23-21-13-10-18(27(2,3)4)15-22(21)33-26(23)30-24(31)17-6-5-7-19(28)14-17/h5-9,11-12,14,18H,10,13,15H2,1-4H3,(H,29,32)(H,30,31)/t18-/m0/s1. The molecule has 0 spiro atoms. The van der Waals surface area contributed by atoms with E-state index in [1.807, 2.05) is 31.2 Å². The highest BCUT2D eigenvalue weighted by Crippen LogP contribution is 2.44. The Hall–Kier alpha value is -2.63. The summed E-state index contributed by atoms with van der Waals surface area (Å²) in [5, 5.41) is 7.12. The molecule has 0 bridgehead atoms. The molecule has 2 aromatic carbocycles. The molecule has 3 aromatic rings. The number of aryl methyl sites for hydroxylation is 1. The number of hydrogen-bond acceptors (Lipinski definition) is 3. The maximum Gasteiger partial charge on any atom is 0.258 e. The second-order valence-corrected chi connectivity index (χ2v) is 11.3. The summed E-state index contributed by atoms with van der Waals surface area (Å²) in [6.45, 7) is 8.81. The van der Waals surface area contributed by atoms with Gasteiger partial charge in [-0.15, -0.1) is 11.3 Å². The van der Waals surface area contributed by atoms with Crippen LogP contribution in [0.1, 0.15) is 63.9 Å². The van der Waals surface area contributed by atoms with Crippen LogP contribution in [0.15, 0.2) is 48.5 Å². The summed E-state index contributed by atoms with van der Waals surface area (Å²) in [6.07, 6.45) is 2.78. The zero-order chi connectivity index (χ0) is 23.8. The molecule has 4 rings (SSSR count). The van der Waals surface area contributed by atoms with E-state index in [-0.39, 0.29) is 17.2 Å². The summed E-state index contributed by atoms with van der Waals surface area (Å²) < 4.78 is 0. The maximum atomic E-state index is 13.4. The Morgan fingerprint density at radius 2 is 1.76 bits per heavy atom. The number of hydrogen-bond donors (Lipinski definition) is 2. The van der Waals surface area contributed by atoms with Crippen molar-refractivity contribution in [2.45, 2.75) is 47.0 Å². The van der Waals surface area contributed by atoms with Gasteiger partial charge in [-0.1, -0.05) is 56.1 Å². The second kappa shape index (κ2) is 9.32. The van der Waals surface area contributed by atoms with Crippen molar-refractivity contribution in [3.05, 3.63) is 80.7 Å². The molecule has 0 fully saturated rings. The minimum absolute atomic E-state index is 0.188. The first-order chi connectivity index (χ1) is 15.6. The quantitative estimate of drug-likeness (QED) is 0.409. The molecule has 1 aliphatic rings. The molecule has 4 nitrogen and oxygen atoms in total. The highest BCUT2D eigenvalue weighted by molar-refractivity contribution is 7.17. The van der Waals surface area contributed by atoms with Crippen molar-refractivity contribution >= 4 is 45.4 Å². The molecule has 0 saturated carbocycles. The first-order valence-electron chi connectivity index (χ1n) is 11.2. The molecule has 1 aliphatic carbocycles. The normalized spacial score (nSPS) is 15.6. The number of carbonyl (C=O) groups excluding carboxylic acids is 2. The van der Waals surface area contributed by atoms with Crippen LogP contribution in [0.25, 0.3) is 0 Å². The van der Waals surface area contributed by atoms with E-state index in [2.05, 4.69) is 31.4 Å². The third-order valence-corrected chi connectivity index (χ3v) is 7.75. The van der Waals surface area contributed by atoms with Crippen LogP contribution < -0.4 is 10.6 Å². The van der Waals surface area contributed by atoms with Gasteiger partial charge in [0, 0.05) is 21.2 Å². The van der Waals surface area contributed by atoms with Gasteiger partial charge >= 0.3 is 0 Å². The van der Waals surface area contributed by atoms with E-state index in [1.54, 1.807) is 24.3 Å². The average Bonchev–Trinajstić information content (AvgIpc) is 3.11. The lowest BCUT2D eigenvalue weighted by Crippen LogP contribution is -2.27. The van der Waals surface area contributed by atoms with Crippen LogP contribution in [0, 0.1) is 18.3 Å². The first-order valence-corrected chi connectivity index (χ1v) is 12.4. The van der Waals surface area contributed by atoms with E-state index in [9.17, 15) is 9.59 Å². The molecular weight excluding hydrogens is 452 g/mol. The Morgan fingerprint density at radius 1 is 1.03 bits per heavy atom. The Balaban J connectivity index is 1.68. The molecule has 0 radical (unpaired) electrons. The summed E-state index contributed by atoms with van der Waals surface area (Å²) in [5.41, 5.74) is 4.16. The summed E-state index contributed by atoms with van der Waals surface area (Å²) in [4.78, 5) is 27.6. The fourth-order valence-electron chi connectivity index (χ4n) is 4.29. The van der Waals surface area contributed by atoms with Crippen LogP contribution in [0.4, 0.5) is 10.7 Å². The predicted molar refractivity (Wildman–Crippen MR) is 138 cm³/mol. The Morgan fingerprint density at radius 3 is 2.42 bits per heavy atom. The smallest absolute Gasteiger partial charge is 0.258 e. The molecule has 0 aliphatic heterocycles. The first kappa shape index (κ1) is 23.5. The Kier molecular flexibility index (Phi) is 6.64. The molecule has 1 heterocycles. The second-order valence-electron chi connectivity index (χ2n) is 9.80. The van der Waals surface area contributed by atoms with Crippen molar-refractivity contribution in [1.29, 1.82) is 0 Å². The van der Waals surface area contributed by atoms with E-state index >= 15 is 0 Å². The number of rotatable bonds is 4. The number of nitrogens with one attached hydrogen (secondary N) is 2. The monoisotopic (exact) mass is 480 g/mol. The lowest BCUT2D eigenvalue weighted by atomic mass is 9.72.